The fraction of sp³-hybridized carbons (Fsp3) is 0.278. The van der Waals surface area contributed by atoms with Gasteiger partial charge in [0.05, 0.1) is 47.7 Å². The molecule has 0 bridgehead atoms. The lowest BCUT2D eigenvalue weighted by atomic mass is 9.81. The predicted molar refractivity (Wildman–Crippen MR) is 93.7 cm³/mol. The van der Waals surface area contributed by atoms with Gasteiger partial charge in [0.25, 0.3) is 0 Å². The van der Waals surface area contributed by atoms with Gasteiger partial charge in [0.15, 0.2) is 6.29 Å². The molecule has 0 atom stereocenters. The van der Waals surface area contributed by atoms with E-state index >= 15 is 0 Å². The number of rotatable bonds is 5. The number of carbonyl (C=O) groups is 2. The molecule has 0 amide bonds. The van der Waals surface area contributed by atoms with Gasteiger partial charge in [0.2, 0.25) is 0 Å². The van der Waals surface area contributed by atoms with Gasteiger partial charge in [0.1, 0.15) is 0 Å². The summed E-state index contributed by atoms with van der Waals surface area (Å²) in [4.78, 5) is 35.8. The molecule has 7 heteroatoms. The molecule has 3 rings (SSSR count). The summed E-state index contributed by atoms with van der Waals surface area (Å²) in [7, 11) is 1.38. The highest BCUT2D eigenvalue weighted by molar-refractivity contribution is 6.14. The zero-order valence-electron chi connectivity index (χ0n) is 13.8. The van der Waals surface area contributed by atoms with Crippen molar-refractivity contribution < 1.29 is 14.3 Å². The molecule has 2 aromatic rings. The Morgan fingerprint density at radius 1 is 1.32 bits per heavy atom. The van der Waals surface area contributed by atoms with Crippen LogP contribution >= 0.6 is 0 Å². The average Bonchev–Trinajstić information content (AvgIpc) is 2.62. The molecular formula is C18H18N4O3. The van der Waals surface area contributed by atoms with Crippen molar-refractivity contribution in [2.24, 2.45) is 16.6 Å². The van der Waals surface area contributed by atoms with Gasteiger partial charge in [-0.3, -0.25) is 19.6 Å². The maximum Gasteiger partial charge on any atom is 0.308 e. The van der Waals surface area contributed by atoms with Crippen molar-refractivity contribution in [3.8, 4) is 0 Å². The summed E-state index contributed by atoms with van der Waals surface area (Å²) < 4.78 is 4.71. The fourth-order valence-corrected chi connectivity index (χ4v) is 2.69. The van der Waals surface area contributed by atoms with E-state index in [2.05, 4.69) is 15.0 Å². The van der Waals surface area contributed by atoms with E-state index in [0.29, 0.717) is 35.9 Å². The normalized spacial score (nSPS) is 20.8. The van der Waals surface area contributed by atoms with Crippen molar-refractivity contribution in [1.82, 2.24) is 9.97 Å². The van der Waals surface area contributed by atoms with Gasteiger partial charge in [-0.15, -0.1) is 0 Å². The molecule has 1 aliphatic rings. The number of ether oxygens (including phenoxy) is 1. The number of allylic oxidation sites excluding steroid dienone is 2. The van der Waals surface area contributed by atoms with Gasteiger partial charge in [0, 0.05) is 11.8 Å². The number of nitrogens with two attached hydrogens (primary N) is 1. The largest absolute Gasteiger partial charge is 0.469 e. The van der Waals surface area contributed by atoms with Crippen molar-refractivity contribution in [2.45, 2.75) is 18.9 Å². The van der Waals surface area contributed by atoms with Crippen LogP contribution in [0.2, 0.25) is 0 Å². The van der Waals surface area contributed by atoms with Crippen LogP contribution in [0.1, 0.15) is 18.5 Å². The smallest absolute Gasteiger partial charge is 0.308 e. The number of fused-ring (bicyclic) bond motifs is 1. The van der Waals surface area contributed by atoms with E-state index in [0.717, 1.165) is 5.52 Å². The number of carbonyl (C=O) groups excluding carboxylic acids is 2. The highest BCUT2D eigenvalue weighted by Gasteiger charge is 2.34. The molecule has 25 heavy (non-hydrogen) atoms. The summed E-state index contributed by atoms with van der Waals surface area (Å²) in [6.07, 6.45) is 4.93. The third-order valence-electron chi connectivity index (χ3n) is 4.22. The number of hydrogen-bond acceptors (Lipinski definition) is 7. The number of aldehydes is 1. The number of nitrogens with zero attached hydrogens (tertiary/aromatic N) is 3. The lowest BCUT2D eigenvalue weighted by Crippen LogP contribution is -2.34. The van der Waals surface area contributed by atoms with E-state index < -0.39 is 0 Å². The summed E-state index contributed by atoms with van der Waals surface area (Å²) in [5.41, 5.74) is 8.23. The van der Waals surface area contributed by atoms with Gasteiger partial charge >= 0.3 is 5.97 Å². The monoisotopic (exact) mass is 338 g/mol. The zero-order chi connectivity index (χ0) is 17.8. The fourth-order valence-electron chi connectivity index (χ4n) is 2.69. The number of benzene rings is 1. The van der Waals surface area contributed by atoms with Crippen molar-refractivity contribution in [3.63, 3.8) is 0 Å². The van der Waals surface area contributed by atoms with Crippen molar-refractivity contribution in [2.75, 3.05) is 7.11 Å². The number of aliphatic imine (C=N–C) groups is 1. The molecule has 1 fully saturated rings. The van der Waals surface area contributed by atoms with Crippen molar-refractivity contribution in [1.29, 1.82) is 0 Å². The molecule has 128 valence electrons. The Kier molecular flexibility index (Phi) is 4.83. The second-order valence-electron chi connectivity index (χ2n) is 5.85. The predicted octanol–water partition coefficient (Wildman–Crippen LogP) is 1.52. The second-order valence-corrected chi connectivity index (χ2v) is 5.85. The van der Waals surface area contributed by atoms with Gasteiger partial charge in [-0.25, -0.2) is 4.98 Å². The van der Waals surface area contributed by atoms with Gasteiger partial charge in [-0.2, -0.15) is 0 Å². The van der Waals surface area contributed by atoms with E-state index in [-0.39, 0.29) is 23.6 Å². The highest BCUT2D eigenvalue weighted by atomic mass is 16.5. The van der Waals surface area contributed by atoms with E-state index in [1.165, 1.54) is 7.11 Å². The lowest BCUT2D eigenvalue weighted by molar-refractivity contribution is -0.148. The second kappa shape index (κ2) is 7.21. The number of para-hydroxylation sites is 2. The Morgan fingerprint density at radius 3 is 2.72 bits per heavy atom. The molecule has 0 radical (unpaired) electrons. The first-order valence-electron chi connectivity index (χ1n) is 7.90. The molecule has 1 aromatic heterocycles. The number of methoxy groups -OCH3 is 1. The minimum absolute atomic E-state index is 0.00645. The number of aromatic nitrogens is 2. The molecule has 2 N–H and O–H groups in total. The summed E-state index contributed by atoms with van der Waals surface area (Å²) in [6, 6.07) is 7.44. The van der Waals surface area contributed by atoms with Crippen LogP contribution < -0.4 is 5.73 Å². The summed E-state index contributed by atoms with van der Waals surface area (Å²) in [5, 5.41) is 0. The molecule has 0 unspecified atom stereocenters. The Morgan fingerprint density at radius 2 is 2.04 bits per heavy atom. The van der Waals surface area contributed by atoms with Crippen LogP contribution in [-0.2, 0) is 14.3 Å². The van der Waals surface area contributed by atoms with Crippen LogP contribution in [0.5, 0.6) is 0 Å². The van der Waals surface area contributed by atoms with Crippen molar-refractivity contribution in [3.05, 3.63) is 41.9 Å². The Labute approximate surface area is 144 Å². The summed E-state index contributed by atoms with van der Waals surface area (Å²) in [6.45, 7) is 0. The van der Waals surface area contributed by atoms with Crippen LogP contribution in [-0.4, -0.2) is 41.6 Å². The lowest BCUT2D eigenvalue weighted by Gasteiger charge is -2.30. The topological polar surface area (TPSA) is 108 Å². The molecule has 1 aromatic carbocycles. The molecule has 0 spiro atoms. The first-order valence-corrected chi connectivity index (χ1v) is 7.90. The SMILES string of the molecule is COC(=O)C1CC(N=CC(=C(N)C=O)c2cnc3ccccc3n2)C1. The Hall–Kier alpha value is -3.09. The maximum absolute atomic E-state index is 11.4. The molecular weight excluding hydrogens is 320 g/mol. The van der Waals surface area contributed by atoms with Gasteiger partial charge in [-0.05, 0) is 25.0 Å². The summed E-state index contributed by atoms with van der Waals surface area (Å²) >= 11 is 0. The first kappa shape index (κ1) is 16.8. The Bertz CT molecular complexity index is 870. The Balaban J connectivity index is 1.82. The van der Waals surface area contributed by atoms with Crippen LogP contribution in [0.25, 0.3) is 16.6 Å². The van der Waals surface area contributed by atoms with Crippen LogP contribution in [0.4, 0.5) is 0 Å². The van der Waals surface area contributed by atoms with Crippen molar-refractivity contribution >= 4 is 35.1 Å². The standard InChI is InChI=1S/C18H18N4O3/c1-25-18(24)11-6-12(7-11)20-8-13(14(19)10-23)17-9-21-15-4-2-3-5-16(15)22-17/h2-5,8-12H,6-7,19H2,1H3. The molecule has 0 saturated heterocycles. The molecule has 1 saturated carbocycles. The molecule has 1 heterocycles. The molecule has 7 nitrogen and oxygen atoms in total. The van der Waals surface area contributed by atoms with Crippen LogP contribution in [0, 0.1) is 5.92 Å². The molecule has 0 aliphatic heterocycles. The van der Waals surface area contributed by atoms with Gasteiger partial charge < -0.3 is 10.5 Å². The highest BCUT2D eigenvalue weighted by Crippen LogP contribution is 2.31. The molecule has 1 aliphatic carbocycles. The van der Waals surface area contributed by atoms with E-state index in [9.17, 15) is 9.59 Å². The third-order valence-corrected chi connectivity index (χ3v) is 4.22. The number of esters is 1. The maximum atomic E-state index is 11.4. The quantitative estimate of drug-likeness (QED) is 0.383. The zero-order valence-corrected chi connectivity index (χ0v) is 13.8. The summed E-state index contributed by atoms with van der Waals surface area (Å²) in [5.74, 6) is -0.321. The van der Waals surface area contributed by atoms with E-state index in [1.807, 2.05) is 24.3 Å². The minimum Gasteiger partial charge on any atom is -0.469 e. The average molecular weight is 338 g/mol. The van der Waals surface area contributed by atoms with Crippen LogP contribution in [0.15, 0.2) is 41.2 Å². The van der Waals surface area contributed by atoms with Gasteiger partial charge in [-0.1, -0.05) is 12.1 Å². The third kappa shape index (κ3) is 3.55. The number of hydrogen-bond donors (Lipinski definition) is 1. The first-order chi connectivity index (χ1) is 12.1. The van der Waals surface area contributed by atoms with Crippen LogP contribution in [0.3, 0.4) is 0 Å². The van der Waals surface area contributed by atoms with E-state index in [1.54, 1.807) is 12.4 Å². The minimum atomic E-state index is -0.213. The van der Waals surface area contributed by atoms with E-state index in [4.69, 9.17) is 10.5 Å².